The molecule has 2 aromatic carbocycles. The Balaban J connectivity index is 1.68. The predicted octanol–water partition coefficient (Wildman–Crippen LogP) is 4.06. The summed E-state index contributed by atoms with van der Waals surface area (Å²) in [6.45, 7) is 1.68. The van der Waals surface area contributed by atoms with Gasteiger partial charge in [-0.15, -0.1) is 0 Å². The molecular formula is C21H19BrClN3O3. The third kappa shape index (κ3) is 3.13. The zero-order valence-electron chi connectivity index (χ0n) is 16.0. The fraction of sp³-hybridized carbons (Fsp3) is 0.286. The summed E-state index contributed by atoms with van der Waals surface area (Å²) in [5.74, 6) is -0.589. The van der Waals surface area contributed by atoms with Gasteiger partial charge < -0.3 is 9.80 Å². The highest BCUT2D eigenvalue weighted by Crippen LogP contribution is 2.44. The fourth-order valence-corrected chi connectivity index (χ4v) is 4.87. The maximum atomic E-state index is 13.3. The van der Waals surface area contributed by atoms with Crippen LogP contribution >= 0.6 is 27.5 Å². The van der Waals surface area contributed by atoms with Crippen LogP contribution in [0, 0.1) is 0 Å². The number of hydrogen-bond acceptors (Lipinski definition) is 3. The van der Waals surface area contributed by atoms with Crippen molar-refractivity contribution < 1.29 is 14.4 Å². The van der Waals surface area contributed by atoms with Crippen molar-refractivity contribution in [3.8, 4) is 0 Å². The number of para-hydroxylation sites is 1. The van der Waals surface area contributed by atoms with Crippen molar-refractivity contribution in [1.82, 2.24) is 4.90 Å². The van der Waals surface area contributed by atoms with E-state index in [0.717, 1.165) is 4.47 Å². The summed E-state index contributed by atoms with van der Waals surface area (Å²) in [6, 6.07) is 12.3. The van der Waals surface area contributed by atoms with Gasteiger partial charge in [-0.3, -0.25) is 19.3 Å². The molecule has 150 valence electrons. The lowest BCUT2D eigenvalue weighted by Crippen LogP contribution is -2.64. The lowest BCUT2D eigenvalue weighted by atomic mass is 9.98. The first-order valence-corrected chi connectivity index (χ1v) is 10.4. The smallest absolute Gasteiger partial charge is 0.258 e. The SMILES string of the molecule is CN(C(=O)CN1C(=O)c2ccccc2N2C(=O)CCC12C)c1ccc(Br)cc1Cl. The normalized spacial score (nSPS) is 20.6. The van der Waals surface area contributed by atoms with E-state index < -0.39 is 5.66 Å². The maximum Gasteiger partial charge on any atom is 0.258 e. The van der Waals surface area contributed by atoms with Gasteiger partial charge in [-0.1, -0.05) is 39.7 Å². The number of rotatable bonds is 3. The van der Waals surface area contributed by atoms with Gasteiger partial charge in [-0.25, -0.2) is 0 Å². The molecule has 0 aromatic heterocycles. The molecule has 0 saturated carbocycles. The van der Waals surface area contributed by atoms with Gasteiger partial charge in [-0.05, 0) is 43.7 Å². The summed E-state index contributed by atoms with van der Waals surface area (Å²) >= 11 is 9.64. The fourth-order valence-electron chi connectivity index (χ4n) is 4.07. The molecule has 4 rings (SSSR count). The molecule has 6 nitrogen and oxygen atoms in total. The molecule has 2 aliphatic rings. The van der Waals surface area contributed by atoms with Gasteiger partial charge in [0, 0.05) is 17.9 Å². The van der Waals surface area contributed by atoms with Crippen molar-refractivity contribution in [3.63, 3.8) is 0 Å². The summed E-state index contributed by atoms with van der Waals surface area (Å²) in [4.78, 5) is 43.6. The maximum absolute atomic E-state index is 13.3. The number of nitrogens with zero attached hydrogens (tertiary/aromatic N) is 3. The van der Waals surface area contributed by atoms with Gasteiger partial charge in [-0.2, -0.15) is 0 Å². The van der Waals surface area contributed by atoms with Gasteiger partial charge in [0.25, 0.3) is 5.91 Å². The predicted molar refractivity (Wildman–Crippen MR) is 115 cm³/mol. The van der Waals surface area contributed by atoms with Crippen molar-refractivity contribution in [1.29, 1.82) is 0 Å². The van der Waals surface area contributed by atoms with Crippen LogP contribution in [0.15, 0.2) is 46.9 Å². The molecule has 2 aromatic rings. The first-order valence-electron chi connectivity index (χ1n) is 9.20. The summed E-state index contributed by atoms with van der Waals surface area (Å²) in [7, 11) is 1.62. The van der Waals surface area contributed by atoms with Gasteiger partial charge in [0.2, 0.25) is 11.8 Å². The number of fused-ring (bicyclic) bond motifs is 3. The molecule has 8 heteroatoms. The van der Waals surface area contributed by atoms with E-state index in [1.165, 1.54) is 9.80 Å². The third-order valence-electron chi connectivity index (χ3n) is 5.68. The zero-order valence-corrected chi connectivity index (χ0v) is 18.3. The van der Waals surface area contributed by atoms with E-state index in [4.69, 9.17) is 11.6 Å². The quantitative estimate of drug-likeness (QED) is 0.671. The van der Waals surface area contributed by atoms with Crippen LogP contribution in [-0.2, 0) is 9.59 Å². The molecule has 1 fully saturated rings. The van der Waals surface area contributed by atoms with E-state index in [2.05, 4.69) is 15.9 Å². The molecule has 0 N–H and O–H groups in total. The summed E-state index contributed by atoms with van der Waals surface area (Å²) < 4.78 is 0.808. The van der Waals surface area contributed by atoms with Crippen LogP contribution in [-0.4, -0.2) is 41.9 Å². The Morgan fingerprint density at radius 1 is 1.24 bits per heavy atom. The first kappa shape index (κ1) is 19.9. The summed E-state index contributed by atoms with van der Waals surface area (Å²) in [5, 5.41) is 0.425. The second-order valence-corrected chi connectivity index (χ2v) is 8.73. The molecule has 29 heavy (non-hydrogen) atoms. The minimum absolute atomic E-state index is 0.0470. The van der Waals surface area contributed by atoms with E-state index >= 15 is 0 Å². The highest BCUT2D eigenvalue weighted by Gasteiger charge is 2.53. The highest BCUT2D eigenvalue weighted by molar-refractivity contribution is 9.10. The van der Waals surface area contributed by atoms with Crippen LogP contribution < -0.4 is 9.80 Å². The van der Waals surface area contributed by atoms with Gasteiger partial charge >= 0.3 is 0 Å². The monoisotopic (exact) mass is 475 g/mol. The van der Waals surface area contributed by atoms with Crippen LogP contribution in [0.4, 0.5) is 11.4 Å². The number of amides is 3. The number of anilines is 2. The Hall–Kier alpha value is -2.38. The molecule has 1 atom stereocenters. The largest absolute Gasteiger partial charge is 0.312 e. The summed E-state index contributed by atoms with van der Waals surface area (Å²) in [6.07, 6.45) is 0.805. The van der Waals surface area contributed by atoms with Crippen molar-refractivity contribution >= 4 is 56.6 Å². The minimum atomic E-state index is -0.872. The Kier molecular flexibility index (Phi) is 4.91. The number of hydrogen-bond donors (Lipinski definition) is 0. The second-order valence-electron chi connectivity index (χ2n) is 7.40. The van der Waals surface area contributed by atoms with Crippen LogP contribution in [0.5, 0.6) is 0 Å². The number of carbonyl (C=O) groups is 3. The molecule has 2 heterocycles. The van der Waals surface area contributed by atoms with E-state index in [9.17, 15) is 14.4 Å². The van der Waals surface area contributed by atoms with Crippen LogP contribution in [0.3, 0.4) is 0 Å². The summed E-state index contributed by atoms with van der Waals surface area (Å²) in [5.41, 5.74) is 0.713. The van der Waals surface area contributed by atoms with Crippen molar-refractivity contribution in [2.75, 3.05) is 23.4 Å². The Labute approximate surface area is 182 Å². The Morgan fingerprint density at radius 3 is 2.69 bits per heavy atom. The van der Waals surface area contributed by atoms with Crippen molar-refractivity contribution in [2.45, 2.75) is 25.4 Å². The lowest BCUT2D eigenvalue weighted by molar-refractivity contribution is -0.121. The highest BCUT2D eigenvalue weighted by atomic mass is 79.9. The third-order valence-corrected chi connectivity index (χ3v) is 6.48. The standard InChI is InChI=1S/C21H19BrClN3O3/c1-21-10-9-18(27)26(21)16-6-4-3-5-14(16)20(29)25(21)12-19(28)24(2)17-8-7-13(22)11-15(17)23/h3-8,11H,9-10,12H2,1-2H3. The topological polar surface area (TPSA) is 60.9 Å². The number of likely N-dealkylation sites (N-methyl/N-ethyl adjacent to an activating group) is 1. The number of benzene rings is 2. The minimum Gasteiger partial charge on any atom is -0.312 e. The number of halogens is 2. The second kappa shape index (κ2) is 7.15. The zero-order chi connectivity index (χ0) is 20.9. The molecule has 2 aliphatic heterocycles. The molecular weight excluding hydrogens is 458 g/mol. The van der Waals surface area contributed by atoms with Crippen LogP contribution in [0.25, 0.3) is 0 Å². The molecule has 0 bridgehead atoms. The van der Waals surface area contributed by atoms with Crippen molar-refractivity contribution in [2.24, 2.45) is 0 Å². The Morgan fingerprint density at radius 2 is 1.97 bits per heavy atom. The average molecular weight is 477 g/mol. The molecule has 0 radical (unpaired) electrons. The molecule has 0 spiro atoms. The van der Waals surface area contributed by atoms with E-state index in [0.29, 0.717) is 34.8 Å². The van der Waals surface area contributed by atoms with Crippen LogP contribution in [0.2, 0.25) is 5.02 Å². The Bertz CT molecular complexity index is 1040. The van der Waals surface area contributed by atoms with Gasteiger partial charge in [0.15, 0.2) is 0 Å². The average Bonchev–Trinajstić information content (AvgIpc) is 3.00. The van der Waals surface area contributed by atoms with Gasteiger partial charge in [0.1, 0.15) is 12.2 Å². The first-order chi connectivity index (χ1) is 13.7. The molecule has 0 aliphatic carbocycles. The van der Waals surface area contributed by atoms with E-state index in [1.807, 2.05) is 13.0 Å². The van der Waals surface area contributed by atoms with E-state index in [-0.39, 0.29) is 24.3 Å². The van der Waals surface area contributed by atoms with Gasteiger partial charge in [0.05, 0.1) is 22.0 Å². The lowest BCUT2D eigenvalue weighted by Gasteiger charge is -2.48. The van der Waals surface area contributed by atoms with E-state index in [1.54, 1.807) is 48.3 Å². The molecule has 3 amide bonds. The molecule has 1 saturated heterocycles. The van der Waals surface area contributed by atoms with Crippen LogP contribution in [0.1, 0.15) is 30.1 Å². The molecule has 1 unspecified atom stereocenters. The number of carbonyl (C=O) groups excluding carboxylic acids is 3. The van der Waals surface area contributed by atoms with Crippen molar-refractivity contribution in [3.05, 3.63) is 57.5 Å².